The van der Waals surface area contributed by atoms with E-state index in [0.29, 0.717) is 0 Å². The number of carbonyl (C=O) groups is 2. The van der Waals surface area contributed by atoms with Gasteiger partial charge < -0.3 is 14.6 Å². The topological polar surface area (TPSA) is 72.8 Å². The maximum Gasteiger partial charge on any atom is 0.379 e. The minimum absolute atomic E-state index is 0.00799. The van der Waals surface area contributed by atoms with Gasteiger partial charge in [-0.05, 0) is 22.9 Å². The second kappa shape index (κ2) is 5.81. The molecule has 18 heavy (non-hydrogen) atoms. The molecular formula is C11H10BrFO5. The zero-order chi connectivity index (χ0) is 13.9. The fraction of sp³-hybridized carbons (Fsp3) is 0.273. The van der Waals surface area contributed by atoms with Crippen LogP contribution in [0.25, 0.3) is 0 Å². The third-order valence-corrected chi connectivity index (χ3v) is 2.84. The zero-order valence-electron chi connectivity index (χ0n) is 9.62. The number of carbonyl (C=O) groups excluding carboxylic acids is 2. The number of Topliss-reactive ketones (excluding diaryl/α,β-unsaturated/α-hetero) is 1. The molecule has 0 heterocycles. The molecule has 0 saturated carbocycles. The molecule has 0 spiro atoms. The fourth-order valence-electron chi connectivity index (χ4n) is 1.25. The van der Waals surface area contributed by atoms with Crippen LogP contribution in [0.2, 0.25) is 0 Å². The lowest BCUT2D eigenvalue weighted by Crippen LogP contribution is -2.19. The van der Waals surface area contributed by atoms with Crippen LogP contribution in [0.15, 0.2) is 10.5 Å². The Balaban J connectivity index is 3.30. The minimum Gasteiger partial charge on any atom is -0.503 e. The number of aromatic hydroxyl groups is 1. The average molecular weight is 321 g/mol. The van der Waals surface area contributed by atoms with Crippen LogP contribution in [0, 0.1) is 5.82 Å². The van der Waals surface area contributed by atoms with Gasteiger partial charge in [-0.3, -0.25) is 4.79 Å². The summed E-state index contributed by atoms with van der Waals surface area (Å²) in [6, 6.07) is 0.812. The molecule has 0 amide bonds. The monoisotopic (exact) mass is 320 g/mol. The number of halogens is 2. The highest BCUT2D eigenvalue weighted by Gasteiger charge is 2.27. The summed E-state index contributed by atoms with van der Waals surface area (Å²) in [5.41, 5.74) is -0.591. The van der Waals surface area contributed by atoms with Crippen molar-refractivity contribution >= 4 is 27.7 Å². The number of ketones is 1. The van der Waals surface area contributed by atoms with Crippen LogP contribution in [0.4, 0.5) is 4.39 Å². The molecule has 0 fully saturated rings. The molecule has 1 aromatic carbocycles. The first-order valence-electron chi connectivity index (χ1n) is 4.90. The Bertz CT molecular complexity index is 501. The maximum atomic E-state index is 13.7. The summed E-state index contributed by atoms with van der Waals surface area (Å²) in [6.07, 6.45) is 0. The molecule has 7 heteroatoms. The molecule has 98 valence electrons. The number of hydrogen-bond acceptors (Lipinski definition) is 5. The van der Waals surface area contributed by atoms with Gasteiger partial charge in [0.05, 0.1) is 23.8 Å². The van der Waals surface area contributed by atoms with Crippen molar-refractivity contribution < 1.29 is 28.6 Å². The molecule has 0 bridgehead atoms. The SMILES string of the molecule is CCOC(=O)C(=O)c1c(F)cc(OC)c(O)c1Br. The highest BCUT2D eigenvalue weighted by atomic mass is 79.9. The van der Waals surface area contributed by atoms with Gasteiger partial charge in [-0.15, -0.1) is 0 Å². The van der Waals surface area contributed by atoms with Gasteiger partial charge >= 0.3 is 5.97 Å². The predicted octanol–water partition coefficient (Wildman–Crippen LogP) is 2.05. The number of hydrogen-bond donors (Lipinski definition) is 1. The van der Waals surface area contributed by atoms with E-state index in [-0.39, 0.29) is 16.8 Å². The van der Waals surface area contributed by atoms with Crippen molar-refractivity contribution in [3.05, 3.63) is 21.9 Å². The first-order valence-corrected chi connectivity index (χ1v) is 5.69. The number of phenols is 1. The fourth-order valence-corrected chi connectivity index (χ4v) is 1.81. The summed E-state index contributed by atoms with van der Waals surface area (Å²) in [4.78, 5) is 22.9. The van der Waals surface area contributed by atoms with Gasteiger partial charge in [-0.25, -0.2) is 9.18 Å². The first-order chi connectivity index (χ1) is 8.43. The Labute approximate surface area is 111 Å². The Kier molecular flexibility index (Phi) is 4.66. The first kappa shape index (κ1) is 14.4. The molecule has 0 aliphatic carbocycles. The second-order valence-corrected chi connectivity index (χ2v) is 3.94. The second-order valence-electron chi connectivity index (χ2n) is 3.15. The molecule has 0 radical (unpaired) electrons. The molecule has 1 rings (SSSR count). The Morgan fingerprint density at radius 2 is 2.11 bits per heavy atom. The standard InChI is InChI=1S/C11H10BrFO5/c1-3-18-11(16)10(15)7-5(13)4-6(17-2)9(14)8(7)12/h4,14H,3H2,1-2H3. The van der Waals surface area contributed by atoms with Crippen molar-refractivity contribution in [3.8, 4) is 11.5 Å². The van der Waals surface area contributed by atoms with Gasteiger partial charge in [0, 0.05) is 6.07 Å². The van der Waals surface area contributed by atoms with E-state index in [1.807, 2.05) is 0 Å². The lowest BCUT2D eigenvalue weighted by molar-refractivity contribution is -0.137. The van der Waals surface area contributed by atoms with Crippen molar-refractivity contribution in [2.24, 2.45) is 0 Å². The van der Waals surface area contributed by atoms with Crippen molar-refractivity contribution in [3.63, 3.8) is 0 Å². The van der Waals surface area contributed by atoms with Crippen LogP contribution < -0.4 is 4.74 Å². The summed E-state index contributed by atoms with van der Waals surface area (Å²) in [6.45, 7) is 1.51. The van der Waals surface area contributed by atoms with E-state index in [2.05, 4.69) is 20.7 Å². The number of benzene rings is 1. The normalized spacial score (nSPS) is 10.0. The number of rotatable bonds is 4. The van der Waals surface area contributed by atoms with Crippen molar-refractivity contribution in [1.82, 2.24) is 0 Å². The molecule has 0 aromatic heterocycles. The van der Waals surface area contributed by atoms with Crippen LogP contribution in [0.1, 0.15) is 17.3 Å². The van der Waals surface area contributed by atoms with Crippen LogP contribution in [0.5, 0.6) is 11.5 Å². The number of methoxy groups -OCH3 is 1. The average Bonchev–Trinajstić information content (AvgIpc) is 2.34. The lowest BCUT2D eigenvalue weighted by atomic mass is 10.1. The third kappa shape index (κ3) is 2.61. The molecule has 1 N–H and O–H groups in total. The molecule has 0 saturated heterocycles. The van der Waals surface area contributed by atoms with Crippen molar-refractivity contribution in [2.75, 3.05) is 13.7 Å². The summed E-state index contributed by atoms with van der Waals surface area (Å²) < 4.78 is 22.6. The summed E-state index contributed by atoms with van der Waals surface area (Å²) >= 11 is 2.84. The zero-order valence-corrected chi connectivity index (χ0v) is 11.2. The third-order valence-electron chi connectivity index (χ3n) is 2.07. The molecule has 1 aromatic rings. The van der Waals surface area contributed by atoms with Gasteiger partial charge in [0.2, 0.25) is 0 Å². The molecule has 0 aliphatic heterocycles. The highest BCUT2D eigenvalue weighted by Crippen LogP contribution is 2.38. The molecule has 0 unspecified atom stereocenters. The number of ether oxygens (including phenoxy) is 2. The smallest absolute Gasteiger partial charge is 0.379 e. The number of phenolic OH excluding ortho intramolecular Hbond substituents is 1. The van der Waals surface area contributed by atoms with Crippen LogP contribution in [-0.4, -0.2) is 30.6 Å². The summed E-state index contributed by atoms with van der Waals surface area (Å²) in [5.74, 6) is -3.98. The Hall–Kier alpha value is -1.63. The van der Waals surface area contributed by atoms with E-state index >= 15 is 0 Å². The van der Waals surface area contributed by atoms with Crippen LogP contribution in [-0.2, 0) is 9.53 Å². The summed E-state index contributed by atoms with van der Waals surface area (Å²) in [5, 5.41) is 9.62. The maximum absolute atomic E-state index is 13.7. The predicted molar refractivity (Wildman–Crippen MR) is 63.3 cm³/mol. The van der Waals surface area contributed by atoms with Crippen LogP contribution >= 0.6 is 15.9 Å². The Morgan fingerprint density at radius 1 is 1.50 bits per heavy atom. The van der Waals surface area contributed by atoms with E-state index < -0.39 is 28.9 Å². The molecule has 5 nitrogen and oxygen atoms in total. The quantitative estimate of drug-likeness (QED) is 0.522. The highest BCUT2D eigenvalue weighted by molar-refractivity contribution is 9.10. The van der Waals surface area contributed by atoms with E-state index in [9.17, 15) is 19.1 Å². The van der Waals surface area contributed by atoms with Crippen molar-refractivity contribution in [2.45, 2.75) is 6.92 Å². The minimum atomic E-state index is -1.19. The molecule has 0 atom stereocenters. The number of esters is 1. The summed E-state index contributed by atoms with van der Waals surface area (Å²) in [7, 11) is 1.23. The van der Waals surface area contributed by atoms with Gasteiger partial charge in [0.15, 0.2) is 11.5 Å². The van der Waals surface area contributed by atoms with Crippen molar-refractivity contribution in [1.29, 1.82) is 0 Å². The van der Waals surface area contributed by atoms with E-state index in [0.717, 1.165) is 6.07 Å². The lowest BCUT2D eigenvalue weighted by Gasteiger charge is -2.10. The van der Waals surface area contributed by atoms with E-state index in [4.69, 9.17) is 4.74 Å². The largest absolute Gasteiger partial charge is 0.503 e. The van der Waals surface area contributed by atoms with Gasteiger partial charge in [0.1, 0.15) is 5.82 Å². The van der Waals surface area contributed by atoms with Gasteiger partial charge in [-0.2, -0.15) is 0 Å². The van der Waals surface area contributed by atoms with E-state index in [1.165, 1.54) is 14.0 Å². The van der Waals surface area contributed by atoms with Crippen LogP contribution in [0.3, 0.4) is 0 Å². The Morgan fingerprint density at radius 3 is 2.61 bits per heavy atom. The van der Waals surface area contributed by atoms with E-state index in [1.54, 1.807) is 0 Å². The van der Waals surface area contributed by atoms with Gasteiger partial charge in [-0.1, -0.05) is 0 Å². The molecular weight excluding hydrogens is 311 g/mol. The van der Waals surface area contributed by atoms with Gasteiger partial charge in [0.25, 0.3) is 5.78 Å². The molecule has 0 aliphatic rings.